The molecule has 0 fully saturated rings. The summed E-state index contributed by atoms with van der Waals surface area (Å²) in [5, 5.41) is 12.9. The van der Waals surface area contributed by atoms with Crippen LogP contribution < -0.4 is 4.90 Å². The molecule has 0 bridgehead atoms. The fourth-order valence-electron chi connectivity index (χ4n) is 2.09. The molecule has 0 spiro atoms. The summed E-state index contributed by atoms with van der Waals surface area (Å²) < 4.78 is 1.35. The van der Waals surface area contributed by atoms with E-state index in [4.69, 9.17) is 5.11 Å². The summed E-state index contributed by atoms with van der Waals surface area (Å²) in [5.74, 6) is -0.710. The van der Waals surface area contributed by atoms with Gasteiger partial charge < -0.3 is 10.0 Å². The second-order valence-electron chi connectivity index (χ2n) is 5.16. The van der Waals surface area contributed by atoms with Crippen LogP contribution >= 0.6 is 0 Å². The zero-order chi connectivity index (χ0) is 16.4. The van der Waals surface area contributed by atoms with Gasteiger partial charge in [0.25, 0.3) is 5.95 Å². The highest BCUT2D eigenvalue weighted by Crippen LogP contribution is 2.21. The van der Waals surface area contributed by atoms with E-state index in [2.05, 4.69) is 15.1 Å². The standard InChI is InChI=1S/C16H15N5O2/c1-20(2)13-5-3-11(4-6-13)14-7-8-17-16(19-14)21-10-12(9-18-21)15(22)23/h3-10H,1-2H3,(H,22,23). The number of aromatic carboxylic acids is 1. The predicted octanol–water partition coefficient (Wildman–Crippen LogP) is 2.09. The Morgan fingerprint density at radius 2 is 1.91 bits per heavy atom. The first-order valence-corrected chi connectivity index (χ1v) is 6.94. The van der Waals surface area contributed by atoms with Crippen molar-refractivity contribution >= 4 is 11.7 Å². The van der Waals surface area contributed by atoms with Crippen molar-refractivity contribution in [3.63, 3.8) is 0 Å². The van der Waals surface area contributed by atoms with E-state index in [1.165, 1.54) is 17.1 Å². The maximum absolute atomic E-state index is 10.9. The summed E-state index contributed by atoms with van der Waals surface area (Å²) in [6, 6.07) is 9.78. The lowest BCUT2D eigenvalue weighted by molar-refractivity contribution is 0.0697. The molecule has 23 heavy (non-hydrogen) atoms. The van der Waals surface area contributed by atoms with Gasteiger partial charge in [0.15, 0.2) is 0 Å². The van der Waals surface area contributed by atoms with Crippen molar-refractivity contribution in [2.75, 3.05) is 19.0 Å². The van der Waals surface area contributed by atoms with Crippen molar-refractivity contribution in [1.82, 2.24) is 19.7 Å². The second kappa shape index (κ2) is 5.88. The third-order valence-corrected chi connectivity index (χ3v) is 3.36. The number of aromatic nitrogens is 4. The molecule has 1 N–H and O–H groups in total. The zero-order valence-electron chi connectivity index (χ0n) is 12.7. The minimum Gasteiger partial charge on any atom is -0.478 e. The predicted molar refractivity (Wildman–Crippen MR) is 85.9 cm³/mol. The number of hydrogen-bond acceptors (Lipinski definition) is 5. The summed E-state index contributed by atoms with van der Waals surface area (Å²) >= 11 is 0. The molecule has 7 heteroatoms. The molecule has 0 aliphatic rings. The lowest BCUT2D eigenvalue weighted by atomic mass is 10.1. The molecule has 3 aromatic rings. The van der Waals surface area contributed by atoms with Crippen molar-refractivity contribution in [3.8, 4) is 17.2 Å². The van der Waals surface area contributed by atoms with Crippen molar-refractivity contribution < 1.29 is 9.90 Å². The van der Waals surface area contributed by atoms with Crippen LogP contribution in [0.1, 0.15) is 10.4 Å². The average Bonchev–Trinajstić information content (AvgIpc) is 3.05. The van der Waals surface area contributed by atoms with E-state index in [1.807, 2.05) is 43.3 Å². The van der Waals surface area contributed by atoms with Crippen LogP contribution in [0.2, 0.25) is 0 Å². The Hall–Kier alpha value is -3.22. The van der Waals surface area contributed by atoms with Gasteiger partial charge in [-0.15, -0.1) is 0 Å². The number of benzene rings is 1. The number of nitrogens with zero attached hydrogens (tertiary/aromatic N) is 5. The van der Waals surface area contributed by atoms with E-state index >= 15 is 0 Å². The first-order chi connectivity index (χ1) is 11.0. The average molecular weight is 309 g/mol. The topological polar surface area (TPSA) is 84.1 Å². The Kier molecular flexibility index (Phi) is 3.76. The van der Waals surface area contributed by atoms with E-state index in [1.54, 1.807) is 12.3 Å². The van der Waals surface area contributed by atoms with Gasteiger partial charge >= 0.3 is 5.97 Å². The number of carboxylic acid groups (broad SMARTS) is 1. The molecule has 0 saturated carbocycles. The Bertz CT molecular complexity index is 840. The molecule has 2 aromatic heterocycles. The molecule has 0 aliphatic carbocycles. The molecule has 0 atom stereocenters. The first kappa shape index (κ1) is 14.7. The van der Waals surface area contributed by atoms with Gasteiger partial charge in [-0.3, -0.25) is 0 Å². The Labute approximate surface area is 132 Å². The monoisotopic (exact) mass is 309 g/mol. The van der Waals surface area contributed by atoms with Crippen LogP contribution in [0.15, 0.2) is 48.9 Å². The van der Waals surface area contributed by atoms with Gasteiger partial charge in [-0.25, -0.2) is 19.4 Å². The molecule has 2 heterocycles. The van der Waals surface area contributed by atoms with Crippen LogP contribution in [0.3, 0.4) is 0 Å². The van der Waals surface area contributed by atoms with Crippen LogP contribution in [-0.2, 0) is 0 Å². The summed E-state index contributed by atoms with van der Waals surface area (Å²) in [6.07, 6.45) is 4.28. The van der Waals surface area contributed by atoms with Gasteiger partial charge in [-0.05, 0) is 18.2 Å². The van der Waals surface area contributed by atoms with Crippen LogP contribution in [0.4, 0.5) is 5.69 Å². The van der Waals surface area contributed by atoms with Crippen molar-refractivity contribution in [1.29, 1.82) is 0 Å². The van der Waals surface area contributed by atoms with Gasteiger partial charge in [0.05, 0.1) is 17.5 Å². The van der Waals surface area contributed by atoms with Gasteiger partial charge in [-0.1, -0.05) is 12.1 Å². The van der Waals surface area contributed by atoms with Gasteiger partial charge in [0.2, 0.25) is 0 Å². The summed E-state index contributed by atoms with van der Waals surface area (Å²) in [5.41, 5.74) is 2.88. The number of hydrogen-bond donors (Lipinski definition) is 1. The third-order valence-electron chi connectivity index (χ3n) is 3.36. The van der Waals surface area contributed by atoms with Gasteiger partial charge in [-0.2, -0.15) is 5.10 Å². The van der Waals surface area contributed by atoms with E-state index in [9.17, 15) is 4.79 Å². The van der Waals surface area contributed by atoms with Crippen LogP contribution in [0.5, 0.6) is 0 Å². The maximum atomic E-state index is 10.9. The smallest absolute Gasteiger partial charge is 0.338 e. The van der Waals surface area contributed by atoms with Crippen molar-refractivity contribution in [2.45, 2.75) is 0 Å². The molecule has 0 radical (unpaired) electrons. The maximum Gasteiger partial charge on any atom is 0.338 e. The van der Waals surface area contributed by atoms with Crippen LogP contribution in [-0.4, -0.2) is 44.9 Å². The fourth-order valence-corrected chi connectivity index (χ4v) is 2.09. The number of rotatable bonds is 4. The molecular formula is C16H15N5O2. The lowest BCUT2D eigenvalue weighted by Crippen LogP contribution is -2.08. The van der Waals surface area contributed by atoms with E-state index in [0.717, 1.165) is 16.9 Å². The highest BCUT2D eigenvalue weighted by molar-refractivity contribution is 5.86. The highest BCUT2D eigenvalue weighted by Gasteiger charge is 2.10. The Morgan fingerprint density at radius 1 is 1.17 bits per heavy atom. The fraction of sp³-hybridized carbons (Fsp3) is 0.125. The third kappa shape index (κ3) is 3.03. The lowest BCUT2D eigenvalue weighted by Gasteiger charge is -2.12. The molecule has 1 aromatic carbocycles. The first-order valence-electron chi connectivity index (χ1n) is 6.94. The number of carboxylic acids is 1. The van der Waals surface area contributed by atoms with E-state index in [0.29, 0.717) is 5.95 Å². The molecule has 3 rings (SSSR count). The normalized spacial score (nSPS) is 10.5. The summed E-state index contributed by atoms with van der Waals surface area (Å²) in [4.78, 5) is 21.5. The SMILES string of the molecule is CN(C)c1ccc(-c2ccnc(-n3cc(C(=O)O)cn3)n2)cc1. The zero-order valence-corrected chi connectivity index (χ0v) is 12.7. The quantitative estimate of drug-likeness (QED) is 0.794. The van der Waals surface area contributed by atoms with E-state index < -0.39 is 5.97 Å². The summed E-state index contributed by atoms with van der Waals surface area (Å²) in [6.45, 7) is 0. The van der Waals surface area contributed by atoms with E-state index in [-0.39, 0.29) is 5.56 Å². The molecule has 0 amide bonds. The van der Waals surface area contributed by atoms with Crippen LogP contribution in [0, 0.1) is 0 Å². The Balaban J connectivity index is 1.94. The van der Waals surface area contributed by atoms with Gasteiger partial charge in [0, 0.05) is 37.7 Å². The highest BCUT2D eigenvalue weighted by atomic mass is 16.4. The van der Waals surface area contributed by atoms with Gasteiger partial charge in [0.1, 0.15) is 0 Å². The summed E-state index contributed by atoms with van der Waals surface area (Å²) in [7, 11) is 3.96. The molecule has 0 saturated heterocycles. The minimum absolute atomic E-state index is 0.0920. The Morgan fingerprint density at radius 3 is 2.52 bits per heavy atom. The number of anilines is 1. The van der Waals surface area contributed by atoms with Crippen molar-refractivity contribution in [3.05, 3.63) is 54.5 Å². The largest absolute Gasteiger partial charge is 0.478 e. The molecule has 0 aliphatic heterocycles. The number of carbonyl (C=O) groups is 1. The molecule has 0 unspecified atom stereocenters. The molecular weight excluding hydrogens is 294 g/mol. The van der Waals surface area contributed by atoms with Crippen LogP contribution in [0.25, 0.3) is 17.2 Å². The molecule has 116 valence electrons. The second-order valence-corrected chi connectivity index (χ2v) is 5.16. The molecule has 7 nitrogen and oxygen atoms in total. The van der Waals surface area contributed by atoms with Crippen molar-refractivity contribution in [2.24, 2.45) is 0 Å². The minimum atomic E-state index is -1.04.